The molecule has 1 N–H and O–H groups in total. The minimum absolute atomic E-state index is 0.978. The number of anilines is 1. The first-order chi connectivity index (χ1) is 6.74. The number of benzene rings is 1. The van der Waals surface area contributed by atoms with Gasteiger partial charge in [-0.2, -0.15) is 0 Å². The lowest BCUT2D eigenvalue weighted by molar-refractivity contribution is 0.890. The van der Waals surface area contributed by atoms with E-state index in [2.05, 4.69) is 49.8 Å². The van der Waals surface area contributed by atoms with Gasteiger partial charge in [-0.1, -0.05) is 22.0 Å². The highest BCUT2D eigenvalue weighted by Gasteiger charge is 1.98. The lowest BCUT2D eigenvalue weighted by Crippen LogP contribution is -2.01. The molecule has 0 aromatic heterocycles. The van der Waals surface area contributed by atoms with Gasteiger partial charge in [-0.25, -0.2) is 0 Å². The Labute approximate surface area is 102 Å². The summed E-state index contributed by atoms with van der Waals surface area (Å²) in [6.45, 7) is 4.67. The molecule has 1 rings (SSSR count). The molecule has 0 fully saturated rings. The molecule has 3 heteroatoms. The summed E-state index contributed by atoms with van der Waals surface area (Å²) in [6, 6.07) is 6.12. The second-order valence-corrected chi connectivity index (χ2v) is 4.75. The Morgan fingerprint density at radius 2 is 2.14 bits per heavy atom. The van der Waals surface area contributed by atoms with E-state index >= 15 is 0 Å². The van der Waals surface area contributed by atoms with Crippen molar-refractivity contribution in [3.63, 3.8) is 0 Å². The van der Waals surface area contributed by atoms with Crippen LogP contribution in [0.4, 0.5) is 5.69 Å². The van der Waals surface area contributed by atoms with Crippen LogP contribution in [-0.2, 0) is 0 Å². The molecule has 0 aliphatic heterocycles. The summed E-state index contributed by atoms with van der Waals surface area (Å²) in [4.78, 5) is 0. The quantitative estimate of drug-likeness (QED) is 0.618. The molecule has 0 heterocycles. The molecule has 0 amide bonds. The normalized spacial score (nSPS) is 9.86. The van der Waals surface area contributed by atoms with Crippen LogP contribution in [0.25, 0.3) is 0 Å². The molecule has 0 unspecified atom stereocenters. The van der Waals surface area contributed by atoms with E-state index in [-0.39, 0.29) is 0 Å². The Balaban J connectivity index is 2.46. The summed E-state index contributed by atoms with van der Waals surface area (Å²) in [5, 5.41) is 3.36. The molecule has 0 aliphatic carbocycles. The standard InChI is InChI=1S/C11H13Br2N/c1-2-3-4-7-14-11-6-5-9(12)8-10(11)13/h2,5-6,8,14H,1,3-4,7H2. The molecule has 0 bridgehead atoms. The smallest absolute Gasteiger partial charge is 0.0485 e. The fraction of sp³-hybridized carbons (Fsp3) is 0.273. The van der Waals surface area contributed by atoms with E-state index in [1.54, 1.807) is 0 Å². The minimum atomic E-state index is 0.978. The van der Waals surface area contributed by atoms with E-state index in [0.29, 0.717) is 0 Å². The Kier molecular flexibility index (Phi) is 5.26. The highest BCUT2D eigenvalue weighted by atomic mass is 79.9. The van der Waals surface area contributed by atoms with Crippen molar-refractivity contribution >= 4 is 37.5 Å². The molecule has 76 valence electrons. The molecule has 0 saturated carbocycles. The van der Waals surface area contributed by atoms with E-state index in [9.17, 15) is 0 Å². The van der Waals surface area contributed by atoms with Crippen molar-refractivity contribution in [2.75, 3.05) is 11.9 Å². The molecule has 1 aromatic rings. The fourth-order valence-corrected chi connectivity index (χ4v) is 2.29. The number of hydrogen-bond donors (Lipinski definition) is 1. The fourth-order valence-electron chi connectivity index (χ4n) is 1.10. The van der Waals surface area contributed by atoms with Crippen LogP contribution < -0.4 is 5.32 Å². The summed E-state index contributed by atoms with van der Waals surface area (Å²) < 4.78 is 2.17. The van der Waals surface area contributed by atoms with E-state index in [0.717, 1.165) is 34.0 Å². The second kappa shape index (κ2) is 6.25. The van der Waals surface area contributed by atoms with Gasteiger partial charge in [0.1, 0.15) is 0 Å². The van der Waals surface area contributed by atoms with Crippen molar-refractivity contribution < 1.29 is 0 Å². The summed E-state index contributed by atoms with van der Waals surface area (Å²) in [5.74, 6) is 0. The van der Waals surface area contributed by atoms with E-state index < -0.39 is 0 Å². The van der Waals surface area contributed by atoms with Crippen LogP contribution in [0.1, 0.15) is 12.8 Å². The van der Waals surface area contributed by atoms with Crippen molar-refractivity contribution in [2.45, 2.75) is 12.8 Å². The first-order valence-corrected chi connectivity index (χ1v) is 6.12. The predicted molar refractivity (Wildman–Crippen MR) is 69.8 cm³/mol. The molecule has 0 aliphatic rings. The monoisotopic (exact) mass is 317 g/mol. The van der Waals surface area contributed by atoms with Crippen LogP contribution in [0.2, 0.25) is 0 Å². The summed E-state index contributed by atoms with van der Waals surface area (Å²) in [7, 11) is 0. The second-order valence-electron chi connectivity index (χ2n) is 2.98. The van der Waals surface area contributed by atoms with Crippen LogP contribution in [0.5, 0.6) is 0 Å². The molecule has 1 nitrogen and oxygen atoms in total. The maximum absolute atomic E-state index is 3.69. The topological polar surface area (TPSA) is 12.0 Å². The molecule has 14 heavy (non-hydrogen) atoms. The maximum atomic E-state index is 3.69. The summed E-state index contributed by atoms with van der Waals surface area (Å²) in [5.41, 5.74) is 1.14. The van der Waals surface area contributed by atoms with Gasteiger partial charge in [0, 0.05) is 21.2 Å². The first kappa shape index (κ1) is 11.8. The Hall–Kier alpha value is -0.280. The van der Waals surface area contributed by atoms with Crippen LogP contribution in [0, 0.1) is 0 Å². The van der Waals surface area contributed by atoms with Crippen molar-refractivity contribution in [1.82, 2.24) is 0 Å². The molecule has 1 aromatic carbocycles. The minimum Gasteiger partial charge on any atom is -0.384 e. The Bertz CT molecular complexity index is 310. The van der Waals surface area contributed by atoms with Gasteiger partial charge in [0.05, 0.1) is 0 Å². The third-order valence-electron chi connectivity index (χ3n) is 1.83. The highest BCUT2D eigenvalue weighted by molar-refractivity contribution is 9.11. The van der Waals surface area contributed by atoms with Crippen molar-refractivity contribution in [3.8, 4) is 0 Å². The molecule has 0 saturated heterocycles. The molecule has 0 atom stereocenters. The van der Waals surface area contributed by atoms with Gasteiger partial charge in [-0.05, 0) is 47.0 Å². The van der Waals surface area contributed by atoms with Crippen molar-refractivity contribution in [3.05, 3.63) is 39.8 Å². The van der Waals surface area contributed by atoms with Crippen molar-refractivity contribution in [1.29, 1.82) is 0 Å². The van der Waals surface area contributed by atoms with Crippen molar-refractivity contribution in [2.24, 2.45) is 0 Å². The SMILES string of the molecule is C=CCCCNc1ccc(Br)cc1Br. The molecular weight excluding hydrogens is 306 g/mol. The summed E-state index contributed by atoms with van der Waals surface area (Å²) >= 11 is 6.92. The number of allylic oxidation sites excluding steroid dienone is 1. The zero-order valence-electron chi connectivity index (χ0n) is 7.89. The zero-order chi connectivity index (χ0) is 10.4. The largest absolute Gasteiger partial charge is 0.384 e. The van der Waals surface area contributed by atoms with Gasteiger partial charge in [-0.3, -0.25) is 0 Å². The van der Waals surface area contributed by atoms with Gasteiger partial charge >= 0.3 is 0 Å². The number of halogens is 2. The predicted octanol–water partition coefficient (Wildman–Crippen LogP) is 4.59. The average Bonchev–Trinajstić information content (AvgIpc) is 2.15. The lowest BCUT2D eigenvalue weighted by atomic mass is 10.3. The number of rotatable bonds is 5. The lowest BCUT2D eigenvalue weighted by Gasteiger charge is -2.07. The van der Waals surface area contributed by atoms with Crippen LogP contribution >= 0.6 is 31.9 Å². The van der Waals surface area contributed by atoms with Gasteiger partial charge in [0.25, 0.3) is 0 Å². The first-order valence-electron chi connectivity index (χ1n) is 4.54. The maximum Gasteiger partial charge on any atom is 0.0485 e. The molecular formula is C11H13Br2N. The van der Waals surface area contributed by atoms with Crippen LogP contribution in [0.15, 0.2) is 39.8 Å². The number of hydrogen-bond acceptors (Lipinski definition) is 1. The van der Waals surface area contributed by atoms with Crippen LogP contribution in [0.3, 0.4) is 0 Å². The number of nitrogens with one attached hydrogen (secondary N) is 1. The number of unbranched alkanes of at least 4 members (excludes halogenated alkanes) is 1. The third kappa shape index (κ3) is 3.84. The van der Waals surface area contributed by atoms with Crippen LogP contribution in [-0.4, -0.2) is 6.54 Å². The molecule has 0 spiro atoms. The third-order valence-corrected chi connectivity index (χ3v) is 2.98. The highest BCUT2D eigenvalue weighted by Crippen LogP contribution is 2.25. The molecule has 0 radical (unpaired) electrons. The zero-order valence-corrected chi connectivity index (χ0v) is 11.1. The summed E-state index contributed by atoms with van der Waals surface area (Å²) in [6.07, 6.45) is 4.12. The van der Waals surface area contributed by atoms with Gasteiger partial charge in [-0.15, -0.1) is 6.58 Å². The van der Waals surface area contributed by atoms with Gasteiger partial charge in [0.15, 0.2) is 0 Å². The van der Waals surface area contributed by atoms with Gasteiger partial charge < -0.3 is 5.32 Å². The van der Waals surface area contributed by atoms with E-state index in [1.807, 2.05) is 18.2 Å². The van der Waals surface area contributed by atoms with E-state index in [1.165, 1.54) is 0 Å². The Morgan fingerprint density at radius 3 is 2.79 bits per heavy atom. The van der Waals surface area contributed by atoms with Gasteiger partial charge in [0.2, 0.25) is 0 Å². The average molecular weight is 319 g/mol. The van der Waals surface area contributed by atoms with E-state index in [4.69, 9.17) is 0 Å². The Morgan fingerprint density at radius 1 is 1.36 bits per heavy atom.